The first kappa shape index (κ1) is 19.7. The number of nitrogens with one attached hydrogen (secondary N) is 2. The van der Waals surface area contributed by atoms with E-state index < -0.39 is 5.91 Å². The summed E-state index contributed by atoms with van der Waals surface area (Å²) in [6, 6.07) is 5.32. The number of allylic oxidation sites excluding steroid dienone is 2. The summed E-state index contributed by atoms with van der Waals surface area (Å²) < 4.78 is 5.01. The number of carbonyl (C=O) groups is 1. The predicted molar refractivity (Wildman–Crippen MR) is 102 cm³/mol. The second-order valence-corrected chi connectivity index (χ2v) is 6.27. The molecule has 1 aromatic carbocycles. The molecule has 0 atom stereocenters. The number of nitrogens with two attached hydrogens (primary N) is 2. The van der Waals surface area contributed by atoms with Crippen LogP contribution < -0.4 is 22.1 Å². The summed E-state index contributed by atoms with van der Waals surface area (Å²) in [7, 11) is 0. The maximum Gasteiger partial charge on any atom is 0.273 e. The van der Waals surface area contributed by atoms with Crippen LogP contribution in [-0.2, 0) is 11.3 Å². The lowest BCUT2D eigenvalue weighted by atomic mass is 10.2. The predicted octanol–water partition coefficient (Wildman–Crippen LogP) is 2.97. The van der Waals surface area contributed by atoms with Crippen LogP contribution in [0.1, 0.15) is 16.8 Å². The number of hydrogen-bond donors (Lipinski definition) is 4. The summed E-state index contributed by atoms with van der Waals surface area (Å²) in [5, 5.41) is 10.2. The van der Waals surface area contributed by atoms with Crippen molar-refractivity contribution in [2.24, 2.45) is 11.5 Å². The van der Waals surface area contributed by atoms with E-state index in [1.165, 1.54) is 12.2 Å². The molecule has 0 aliphatic rings. The number of carbonyl (C=O) groups excluding carboxylic acids is 1. The number of benzene rings is 1. The molecule has 0 aliphatic heterocycles. The van der Waals surface area contributed by atoms with Crippen LogP contribution >= 0.6 is 23.2 Å². The topological polar surface area (TPSA) is 119 Å². The fourth-order valence-corrected chi connectivity index (χ4v) is 2.29. The van der Waals surface area contributed by atoms with Crippen LogP contribution in [0.25, 0.3) is 0 Å². The maximum absolute atomic E-state index is 12.0. The van der Waals surface area contributed by atoms with Crippen molar-refractivity contribution in [3.63, 3.8) is 0 Å². The second kappa shape index (κ2) is 8.64. The van der Waals surface area contributed by atoms with Gasteiger partial charge in [-0.25, -0.2) is 0 Å². The fourth-order valence-electron chi connectivity index (χ4n) is 1.90. The normalized spacial score (nSPS) is 12.2. The maximum atomic E-state index is 12.0. The van der Waals surface area contributed by atoms with Gasteiger partial charge in [-0.1, -0.05) is 40.5 Å². The summed E-state index contributed by atoms with van der Waals surface area (Å²) >= 11 is 12.1. The summed E-state index contributed by atoms with van der Waals surface area (Å²) in [5.41, 5.74) is 13.8. The first-order chi connectivity index (χ1) is 12.3. The number of hydrogen-bond acceptors (Lipinski definition) is 6. The third kappa shape index (κ3) is 4.93. The Bertz CT molecular complexity index is 874. The van der Waals surface area contributed by atoms with Gasteiger partial charge in [-0.15, -0.1) is 0 Å². The molecule has 1 aromatic heterocycles. The highest BCUT2D eigenvalue weighted by Crippen LogP contribution is 2.25. The molecule has 0 saturated heterocycles. The van der Waals surface area contributed by atoms with Gasteiger partial charge >= 0.3 is 0 Å². The first-order valence-electron chi connectivity index (χ1n) is 7.63. The van der Waals surface area contributed by atoms with E-state index in [1.54, 1.807) is 26.0 Å². The van der Waals surface area contributed by atoms with Gasteiger partial charge in [-0.05, 0) is 37.6 Å². The Morgan fingerprint density at radius 2 is 2.00 bits per heavy atom. The lowest BCUT2D eigenvalue weighted by Gasteiger charge is -2.08. The summed E-state index contributed by atoms with van der Waals surface area (Å²) in [6.07, 6.45) is 2.86. The van der Waals surface area contributed by atoms with Crippen molar-refractivity contribution in [1.82, 2.24) is 10.5 Å². The van der Waals surface area contributed by atoms with Gasteiger partial charge < -0.3 is 21.3 Å². The lowest BCUT2D eigenvalue weighted by Crippen LogP contribution is -2.21. The highest BCUT2D eigenvalue weighted by atomic mass is 35.5. The van der Waals surface area contributed by atoms with Gasteiger partial charge in [-0.3, -0.25) is 10.1 Å². The molecular weight excluding hydrogens is 377 g/mol. The molecule has 0 unspecified atom stereocenters. The molecule has 0 radical (unpaired) electrons. The molecule has 7 nitrogen and oxygen atoms in total. The molecule has 0 spiro atoms. The highest BCUT2D eigenvalue weighted by Gasteiger charge is 2.13. The third-order valence-corrected chi connectivity index (χ3v) is 4.46. The molecule has 138 valence electrons. The fraction of sp³-hybridized carbons (Fsp3) is 0.176. The Morgan fingerprint density at radius 3 is 2.65 bits per heavy atom. The Hall–Kier alpha value is -2.64. The van der Waals surface area contributed by atoms with Crippen molar-refractivity contribution in [2.45, 2.75) is 20.4 Å². The van der Waals surface area contributed by atoms with Crippen molar-refractivity contribution in [3.05, 3.63) is 68.7 Å². The van der Waals surface area contributed by atoms with Crippen molar-refractivity contribution >= 4 is 35.0 Å². The lowest BCUT2D eigenvalue weighted by molar-refractivity contribution is -0.113. The summed E-state index contributed by atoms with van der Waals surface area (Å²) in [5.74, 6) is 0.0455. The van der Waals surface area contributed by atoms with Gasteiger partial charge in [0.2, 0.25) is 5.88 Å². The van der Waals surface area contributed by atoms with Gasteiger partial charge in [0.05, 0.1) is 27.3 Å². The van der Waals surface area contributed by atoms with Crippen LogP contribution in [0, 0.1) is 13.8 Å². The minimum atomic E-state index is -0.522. The smallest absolute Gasteiger partial charge is 0.273 e. The van der Waals surface area contributed by atoms with E-state index in [4.69, 9.17) is 39.2 Å². The molecule has 0 aliphatic carbocycles. The van der Waals surface area contributed by atoms with E-state index in [0.717, 1.165) is 11.1 Å². The quantitative estimate of drug-likeness (QED) is 0.440. The number of rotatable bonds is 6. The average molecular weight is 396 g/mol. The van der Waals surface area contributed by atoms with Gasteiger partial charge in [0.25, 0.3) is 5.91 Å². The molecule has 2 rings (SSSR count). The standard InChI is InChI=1S/C17H19Cl2N5O2/c1-9-10(2)24-26-17(9)23-16(25)13(20)6-7-14(21)22-8-11-4-3-5-12(18)15(11)19/h3-7,22H,8,20-21H2,1-2H3,(H,23,25)/b13-6-,14-7+. The Labute approximate surface area is 161 Å². The van der Waals surface area contributed by atoms with Gasteiger partial charge in [0.15, 0.2) is 0 Å². The molecular formula is C17H19Cl2N5O2. The largest absolute Gasteiger partial charge is 0.394 e. The number of halogens is 2. The SMILES string of the molecule is Cc1noc(NC(=O)/C(N)=C/C=C(\N)NCc2cccc(Cl)c2Cl)c1C. The van der Waals surface area contributed by atoms with Crippen molar-refractivity contribution in [2.75, 3.05) is 5.32 Å². The molecule has 1 amide bonds. The van der Waals surface area contributed by atoms with E-state index in [1.807, 2.05) is 6.07 Å². The first-order valence-corrected chi connectivity index (χ1v) is 8.39. The van der Waals surface area contributed by atoms with Gasteiger partial charge in [-0.2, -0.15) is 0 Å². The number of amides is 1. The number of aryl methyl sites for hydroxylation is 1. The molecule has 0 saturated carbocycles. The summed E-state index contributed by atoms with van der Waals surface area (Å²) in [6.45, 7) is 3.93. The van der Waals surface area contributed by atoms with Crippen molar-refractivity contribution in [1.29, 1.82) is 0 Å². The van der Waals surface area contributed by atoms with Crippen LogP contribution in [0.3, 0.4) is 0 Å². The molecule has 2 aromatic rings. The van der Waals surface area contributed by atoms with E-state index in [9.17, 15) is 4.79 Å². The number of nitrogens with zero attached hydrogens (tertiary/aromatic N) is 1. The number of aromatic nitrogens is 1. The van der Waals surface area contributed by atoms with Crippen LogP contribution in [0.2, 0.25) is 10.0 Å². The van der Waals surface area contributed by atoms with Crippen molar-refractivity contribution in [3.8, 4) is 0 Å². The molecule has 0 fully saturated rings. The Kier molecular flexibility index (Phi) is 6.54. The minimum absolute atomic E-state index is 0.0380. The van der Waals surface area contributed by atoms with Crippen LogP contribution in [0.5, 0.6) is 0 Å². The molecule has 6 N–H and O–H groups in total. The molecule has 26 heavy (non-hydrogen) atoms. The summed E-state index contributed by atoms with van der Waals surface area (Å²) in [4.78, 5) is 12.0. The van der Waals surface area contributed by atoms with Gasteiger partial charge in [0.1, 0.15) is 0 Å². The molecule has 1 heterocycles. The van der Waals surface area contributed by atoms with Crippen LogP contribution in [0.15, 0.2) is 46.4 Å². The third-order valence-electron chi connectivity index (χ3n) is 3.60. The van der Waals surface area contributed by atoms with Crippen molar-refractivity contribution < 1.29 is 9.32 Å². The van der Waals surface area contributed by atoms with Crippen LogP contribution in [0.4, 0.5) is 5.88 Å². The minimum Gasteiger partial charge on any atom is -0.394 e. The monoisotopic (exact) mass is 395 g/mol. The van der Waals surface area contributed by atoms with E-state index >= 15 is 0 Å². The van der Waals surface area contributed by atoms with E-state index in [-0.39, 0.29) is 11.6 Å². The van der Waals surface area contributed by atoms with Crippen LogP contribution in [-0.4, -0.2) is 11.1 Å². The Balaban J connectivity index is 1.96. The zero-order valence-corrected chi connectivity index (χ0v) is 15.8. The highest BCUT2D eigenvalue weighted by molar-refractivity contribution is 6.42. The molecule has 0 bridgehead atoms. The second-order valence-electron chi connectivity index (χ2n) is 5.49. The molecule has 9 heteroatoms. The zero-order chi connectivity index (χ0) is 19.3. The van der Waals surface area contributed by atoms with E-state index in [0.29, 0.717) is 28.1 Å². The number of anilines is 1. The average Bonchev–Trinajstić information content (AvgIpc) is 2.92. The van der Waals surface area contributed by atoms with E-state index in [2.05, 4.69) is 15.8 Å². The zero-order valence-electron chi connectivity index (χ0n) is 14.3. The Morgan fingerprint density at radius 1 is 1.27 bits per heavy atom. The van der Waals surface area contributed by atoms with Gasteiger partial charge in [0, 0.05) is 12.1 Å².